The standard InChI is InChI=1S/C13H22N2O3S/c1-4-11-5-6-12(14)7-13(11)19(16,17)15-8-10(2)9-18-3/h5-7,10,15H,4,8-9,14H2,1-3H3. The predicted octanol–water partition coefficient (Wildman–Crippen LogP) is 1.39. The molecule has 0 saturated carbocycles. The first kappa shape index (κ1) is 15.9. The fourth-order valence-corrected chi connectivity index (χ4v) is 3.29. The molecule has 1 atom stereocenters. The van der Waals surface area contributed by atoms with Gasteiger partial charge in [0.1, 0.15) is 0 Å². The fourth-order valence-electron chi connectivity index (χ4n) is 1.79. The molecule has 1 aromatic rings. The van der Waals surface area contributed by atoms with Crippen LogP contribution in [0.25, 0.3) is 0 Å². The van der Waals surface area contributed by atoms with E-state index in [9.17, 15) is 8.42 Å². The molecule has 0 radical (unpaired) electrons. The molecule has 0 bridgehead atoms. The number of anilines is 1. The van der Waals surface area contributed by atoms with Crippen molar-refractivity contribution in [1.29, 1.82) is 0 Å². The highest BCUT2D eigenvalue weighted by Crippen LogP contribution is 2.19. The minimum absolute atomic E-state index is 0.117. The molecule has 19 heavy (non-hydrogen) atoms. The molecule has 3 N–H and O–H groups in total. The smallest absolute Gasteiger partial charge is 0.240 e. The number of rotatable bonds is 7. The summed E-state index contributed by atoms with van der Waals surface area (Å²) in [5.41, 5.74) is 6.88. The average Bonchev–Trinajstić information content (AvgIpc) is 2.37. The third kappa shape index (κ3) is 4.49. The monoisotopic (exact) mass is 286 g/mol. The van der Waals surface area contributed by atoms with Gasteiger partial charge in [-0.1, -0.05) is 19.9 Å². The molecule has 1 aromatic carbocycles. The van der Waals surface area contributed by atoms with Crippen LogP contribution in [0.2, 0.25) is 0 Å². The van der Waals surface area contributed by atoms with Crippen LogP contribution in [0.5, 0.6) is 0 Å². The Labute approximate surface area is 115 Å². The predicted molar refractivity (Wildman–Crippen MR) is 76.5 cm³/mol. The van der Waals surface area contributed by atoms with Crippen molar-refractivity contribution in [3.05, 3.63) is 23.8 Å². The van der Waals surface area contributed by atoms with Crippen LogP contribution in [-0.4, -0.2) is 28.7 Å². The maximum Gasteiger partial charge on any atom is 0.240 e. The number of hydrogen-bond acceptors (Lipinski definition) is 4. The van der Waals surface area contributed by atoms with Crippen LogP contribution in [-0.2, 0) is 21.2 Å². The van der Waals surface area contributed by atoms with Crippen molar-refractivity contribution in [3.8, 4) is 0 Å². The number of ether oxygens (including phenoxy) is 1. The molecule has 108 valence electrons. The number of nitrogens with two attached hydrogens (primary N) is 1. The fraction of sp³-hybridized carbons (Fsp3) is 0.538. The first-order valence-electron chi connectivity index (χ1n) is 6.27. The average molecular weight is 286 g/mol. The number of nitrogens with one attached hydrogen (secondary N) is 1. The summed E-state index contributed by atoms with van der Waals surface area (Å²) in [5, 5.41) is 0. The van der Waals surface area contributed by atoms with E-state index in [1.165, 1.54) is 6.07 Å². The minimum atomic E-state index is -3.52. The van der Waals surface area contributed by atoms with Gasteiger partial charge in [0, 0.05) is 25.9 Å². The third-order valence-corrected chi connectivity index (χ3v) is 4.34. The van der Waals surface area contributed by atoms with Crippen molar-refractivity contribution in [3.63, 3.8) is 0 Å². The molecule has 1 rings (SSSR count). The second kappa shape index (κ2) is 6.88. The molecule has 0 spiro atoms. The van der Waals surface area contributed by atoms with Gasteiger partial charge in [-0.15, -0.1) is 0 Å². The molecule has 1 unspecified atom stereocenters. The van der Waals surface area contributed by atoms with Gasteiger partial charge in [0.05, 0.1) is 4.90 Å². The van der Waals surface area contributed by atoms with Gasteiger partial charge in [-0.25, -0.2) is 13.1 Å². The van der Waals surface area contributed by atoms with E-state index < -0.39 is 10.0 Å². The lowest BCUT2D eigenvalue weighted by Crippen LogP contribution is -2.30. The first-order valence-corrected chi connectivity index (χ1v) is 7.76. The third-order valence-electron chi connectivity index (χ3n) is 2.83. The molecule has 0 heterocycles. The lowest BCUT2D eigenvalue weighted by Gasteiger charge is -2.14. The van der Waals surface area contributed by atoms with E-state index in [1.807, 2.05) is 13.8 Å². The zero-order valence-corrected chi connectivity index (χ0v) is 12.5. The summed E-state index contributed by atoms with van der Waals surface area (Å²) in [5.74, 6) is 0.117. The largest absolute Gasteiger partial charge is 0.399 e. The number of aryl methyl sites for hydroxylation is 1. The van der Waals surface area contributed by atoms with Crippen LogP contribution < -0.4 is 10.5 Å². The topological polar surface area (TPSA) is 81.4 Å². The van der Waals surface area contributed by atoms with Crippen molar-refractivity contribution in [2.24, 2.45) is 5.92 Å². The van der Waals surface area contributed by atoms with E-state index in [0.717, 1.165) is 5.56 Å². The Morgan fingerprint density at radius 1 is 1.42 bits per heavy atom. The van der Waals surface area contributed by atoms with Crippen LogP contribution in [0, 0.1) is 5.92 Å². The number of methoxy groups -OCH3 is 1. The molecule has 0 aliphatic heterocycles. The van der Waals surface area contributed by atoms with Gasteiger partial charge >= 0.3 is 0 Å². The first-order chi connectivity index (χ1) is 8.90. The van der Waals surface area contributed by atoms with Gasteiger partial charge in [-0.2, -0.15) is 0 Å². The highest BCUT2D eigenvalue weighted by atomic mass is 32.2. The normalized spacial score (nSPS) is 13.4. The van der Waals surface area contributed by atoms with Crippen LogP contribution in [0.15, 0.2) is 23.1 Å². The van der Waals surface area contributed by atoms with E-state index in [1.54, 1.807) is 19.2 Å². The number of hydrogen-bond donors (Lipinski definition) is 2. The number of nitrogen functional groups attached to an aromatic ring is 1. The summed E-state index contributed by atoms with van der Waals surface area (Å²) < 4.78 is 32.1. The highest BCUT2D eigenvalue weighted by molar-refractivity contribution is 7.89. The molecule has 0 saturated heterocycles. The van der Waals surface area contributed by atoms with E-state index in [4.69, 9.17) is 10.5 Å². The molecule has 0 fully saturated rings. The summed E-state index contributed by atoms with van der Waals surface area (Å²) >= 11 is 0. The van der Waals surface area contributed by atoms with Crippen molar-refractivity contribution < 1.29 is 13.2 Å². The molecule has 0 aliphatic rings. The lowest BCUT2D eigenvalue weighted by molar-refractivity contribution is 0.161. The second-order valence-corrected chi connectivity index (χ2v) is 6.37. The minimum Gasteiger partial charge on any atom is -0.399 e. The van der Waals surface area contributed by atoms with Crippen molar-refractivity contribution in [2.75, 3.05) is 26.0 Å². The molecule has 6 heteroatoms. The molecule has 0 aromatic heterocycles. The summed E-state index contributed by atoms with van der Waals surface area (Å²) in [7, 11) is -1.93. The van der Waals surface area contributed by atoms with E-state index in [0.29, 0.717) is 25.3 Å². The lowest BCUT2D eigenvalue weighted by atomic mass is 10.1. The Morgan fingerprint density at radius 2 is 2.11 bits per heavy atom. The second-order valence-electron chi connectivity index (χ2n) is 4.63. The molecule has 5 nitrogen and oxygen atoms in total. The number of sulfonamides is 1. The van der Waals surface area contributed by atoms with Crippen LogP contribution >= 0.6 is 0 Å². The molecular weight excluding hydrogens is 264 g/mol. The summed E-state index contributed by atoms with van der Waals surface area (Å²) in [6.07, 6.45) is 0.643. The molecule has 0 amide bonds. The Hall–Kier alpha value is -1.11. The Morgan fingerprint density at radius 3 is 2.68 bits per heavy atom. The van der Waals surface area contributed by atoms with Gasteiger partial charge in [0.25, 0.3) is 0 Å². The molecular formula is C13H22N2O3S. The Balaban J connectivity index is 2.91. The maximum atomic E-state index is 12.3. The van der Waals surface area contributed by atoms with Gasteiger partial charge in [0.2, 0.25) is 10.0 Å². The highest BCUT2D eigenvalue weighted by Gasteiger charge is 2.18. The molecule has 0 aliphatic carbocycles. The summed E-state index contributed by atoms with van der Waals surface area (Å²) in [6, 6.07) is 4.97. The SMILES string of the molecule is CCc1ccc(N)cc1S(=O)(=O)NCC(C)COC. The van der Waals surface area contributed by atoms with E-state index >= 15 is 0 Å². The van der Waals surface area contributed by atoms with Crippen molar-refractivity contribution in [1.82, 2.24) is 4.72 Å². The van der Waals surface area contributed by atoms with Crippen molar-refractivity contribution in [2.45, 2.75) is 25.2 Å². The van der Waals surface area contributed by atoms with Gasteiger partial charge in [-0.3, -0.25) is 0 Å². The van der Waals surface area contributed by atoms with Gasteiger partial charge in [-0.05, 0) is 30.0 Å². The maximum absolute atomic E-state index is 12.3. The van der Waals surface area contributed by atoms with Crippen LogP contribution in [0.4, 0.5) is 5.69 Å². The summed E-state index contributed by atoms with van der Waals surface area (Å²) in [4.78, 5) is 0.264. The number of benzene rings is 1. The summed E-state index contributed by atoms with van der Waals surface area (Å²) in [6.45, 7) is 4.69. The van der Waals surface area contributed by atoms with Gasteiger partial charge < -0.3 is 10.5 Å². The Bertz CT molecular complexity index is 515. The van der Waals surface area contributed by atoms with E-state index in [2.05, 4.69) is 4.72 Å². The quantitative estimate of drug-likeness (QED) is 0.742. The van der Waals surface area contributed by atoms with Crippen LogP contribution in [0.3, 0.4) is 0 Å². The van der Waals surface area contributed by atoms with Crippen molar-refractivity contribution >= 4 is 15.7 Å². The Kier molecular flexibility index (Phi) is 5.78. The zero-order chi connectivity index (χ0) is 14.5. The van der Waals surface area contributed by atoms with Gasteiger partial charge in [0.15, 0.2) is 0 Å². The van der Waals surface area contributed by atoms with Crippen LogP contribution in [0.1, 0.15) is 19.4 Å². The zero-order valence-electron chi connectivity index (χ0n) is 11.6. The van der Waals surface area contributed by atoms with E-state index in [-0.39, 0.29) is 10.8 Å².